The van der Waals surface area contributed by atoms with Gasteiger partial charge in [-0.25, -0.2) is 0 Å². The van der Waals surface area contributed by atoms with Crippen LogP contribution in [0.25, 0.3) is 0 Å². The normalized spacial score (nSPS) is 10.6. The zero-order valence-corrected chi connectivity index (χ0v) is 10.6. The Balaban J connectivity index is 2.05. The van der Waals surface area contributed by atoms with Gasteiger partial charge >= 0.3 is 0 Å². The van der Waals surface area contributed by atoms with Gasteiger partial charge in [-0.2, -0.15) is 0 Å². The number of hydrogen-bond donors (Lipinski definition) is 1. The minimum atomic E-state index is 0.831. The van der Waals surface area contributed by atoms with Crippen molar-refractivity contribution in [2.75, 3.05) is 26.8 Å². The molecular formula is C13H20ClNO. The summed E-state index contributed by atoms with van der Waals surface area (Å²) in [7, 11) is 1.73. The molecule has 0 bridgehead atoms. The van der Waals surface area contributed by atoms with Gasteiger partial charge in [0, 0.05) is 18.7 Å². The van der Waals surface area contributed by atoms with Crippen LogP contribution in [-0.2, 0) is 11.2 Å². The van der Waals surface area contributed by atoms with E-state index < -0.39 is 0 Å². The van der Waals surface area contributed by atoms with Crippen molar-refractivity contribution < 1.29 is 4.74 Å². The second-order valence-electron chi connectivity index (χ2n) is 3.79. The van der Waals surface area contributed by atoms with E-state index in [2.05, 4.69) is 11.4 Å². The van der Waals surface area contributed by atoms with Crippen LogP contribution in [-0.4, -0.2) is 26.8 Å². The third-order valence-electron chi connectivity index (χ3n) is 2.46. The average Bonchev–Trinajstić information content (AvgIpc) is 2.30. The van der Waals surface area contributed by atoms with Crippen LogP contribution in [0.5, 0.6) is 0 Å². The van der Waals surface area contributed by atoms with Crippen LogP contribution in [0.3, 0.4) is 0 Å². The van der Waals surface area contributed by atoms with Crippen LogP contribution >= 0.6 is 11.6 Å². The average molecular weight is 242 g/mol. The number of halogens is 1. The summed E-state index contributed by atoms with van der Waals surface area (Å²) in [6.45, 7) is 2.89. The Morgan fingerprint density at radius 2 is 1.94 bits per heavy atom. The summed E-state index contributed by atoms with van der Waals surface area (Å²) in [6.07, 6.45) is 3.23. The lowest BCUT2D eigenvalue weighted by atomic mass is 10.1. The number of rotatable bonds is 8. The van der Waals surface area contributed by atoms with E-state index in [0.717, 1.165) is 44.0 Å². The zero-order chi connectivity index (χ0) is 11.6. The quantitative estimate of drug-likeness (QED) is 0.707. The van der Waals surface area contributed by atoms with Crippen LogP contribution in [0.15, 0.2) is 24.3 Å². The number of methoxy groups -OCH3 is 1. The summed E-state index contributed by atoms with van der Waals surface area (Å²) in [5, 5.41) is 4.26. The van der Waals surface area contributed by atoms with Crippen molar-refractivity contribution in [2.24, 2.45) is 0 Å². The molecule has 0 atom stereocenters. The Labute approximate surface area is 103 Å². The highest BCUT2D eigenvalue weighted by molar-refractivity contribution is 6.31. The maximum Gasteiger partial charge on any atom is 0.0474 e. The number of benzene rings is 1. The summed E-state index contributed by atoms with van der Waals surface area (Å²) in [5.41, 5.74) is 1.24. The molecule has 0 saturated heterocycles. The SMILES string of the molecule is COCCCNCCCc1ccccc1Cl. The van der Waals surface area contributed by atoms with Crippen molar-refractivity contribution in [3.8, 4) is 0 Å². The van der Waals surface area contributed by atoms with Crippen LogP contribution in [0.2, 0.25) is 5.02 Å². The third kappa shape index (κ3) is 5.50. The maximum atomic E-state index is 6.07. The molecule has 0 unspecified atom stereocenters. The largest absolute Gasteiger partial charge is 0.385 e. The topological polar surface area (TPSA) is 21.3 Å². The van der Waals surface area contributed by atoms with Gasteiger partial charge in [0.2, 0.25) is 0 Å². The van der Waals surface area contributed by atoms with Gasteiger partial charge in [0.15, 0.2) is 0 Å². The minimum Gasteiger partial charge on any atom is -0.385 e. The lowest BCUT2D eigenvalue weighted by Crippen LogP contribution is -2.18. The van der Waals surface area contributed by atoms with E-state index in [1.165, 1.54) is 5.56 Å². The zero-order valence-electron chi connectivity index (χ0n) is 9.84. The van der Waals surface area contributed by atoms with Crippen molar-refractivity contribution in [3.63, 3.8) is 0 Å². The number of ether oxygens (including phenoxy) is 1. The molecule has 1 rings (SSSR count). The Morgan fingerprint density at radius 1 is 1.19 bits per heavy atom. The molecule has 0 aromatic heterocycles. The molecule has 16 heavy (non-hydrogen) atoms. The maximum absolute atomic E-state index is 6.07. The predicted octanol–water partition coefficient (Wildman–Crippen LogP) is 2.90. The lowest BCUT2D eigenvalue weighted by molar-refractivity contribution is 0.194. The molecule has 0 amide bonds. The second-order valence-corrected chi connectivity index (χ2v) is 4.20. The summed E-state index contributed by atoms with van der Waals surface area (Å²) in [6, 6.07) is 8.04. The van der Waals surface area contributed by atoms with Gasteiger partial charge in [-0.3, -0.25) is 0 Å². The monoisotopic (exact) mass is 241 g/mol. The fourth-order valence-electron chi connectivity index (χ4n) is 1.57. The van der Waals surface area contributed by atoms with E-state index in [9.17, 15) is 0 Å². The van der Waals surface area contributed by atoms with Crippen molar-refractivity contribution >= 4 is 11.6 Å². The number of hydrogen-bond acceptors (Lipinski definition) is 2. The molecule has 0 spiro atoms. The highest BCUT2D eigenvalue weighted by Crippen LogP contribution is 2.15. The summed E-state index contributed by atoms with van der Waals surface area (Å²) >= 11 is 6.07. The fourth-order valence-corrected chi connectivity index (χ4v) is 1.80. The molecule has 0 heterocycles. The standard InChI is InChI=1S/C13H20ClNO/c1-16-11-5-10-15-9-4-7-12-6-2-3-8-13(12)14/h2-3,6,8,15H,4-5,7,9-11H2,1H3. The number of nitrogens with one attached hydrogen (secondary N) is 1. The molecule has 90 valence electrons. The van der Waals surface area contributed by atoms with Gasteiger partial charge in [0.1, 0.15) is 0 Å². The predicted molar refractivity (Wildman–Crippen MR) is 69.1 cm³/mol. The summed E-state index contributed by atoms with van der Waals surface area (Å²) < 4.78 is 4.98. The van der Waals surface area contributed by atoms with Gasteiger partial charge in [-0.1, -0.05) is 29.8 Å². The van der Waals surface area contributed by atoms with Gasteiger partial charge in [-0.15, -0.1) is 0 Å². The molecule has 1 N–H and O–H groups in total. The molecule has 1 aromatic rings. The molecule has 0 aliphatic heterocycles. The van der Waals surface area contributed by atoms with E-state index >= 15 is 0 Å². The Morgan fingerprint density at radius 3 is 2.69 bits per heavy atom. The smallest absolute Gasteiger partial charge is 0.0474 e. The van der Waals surface area contributed by atoms with E-state index in [1.54, 1.807) is 7.11 Å². The molecule has 0 aliphatic carbocycles. The molecule has 3 heteroatoms. The first-order chi connectivity index (χ1) is 7.84. The lowest BCUT2D eigenvalue weighted by Gasteiger charge is -2.05. The highest BCUT2D eigenvalue weighted by Gasteiger charge is 1.97. The van der Waals surface area contributed by atoms with Gasteiger partial charge < -0.3 is 10.1 Å². The first kappa shape index (κ1) is 13.5. The molecule has 1 aromatic carbocycles. The van der Waals surface area contributed by atoms with Gasteiger partial charge in [-0.05, 0) is 44.0 Å². The van der Waals surface area contributed by atoms with E-state index in [-0.39, 0.29) is 0 Å². The Bertz CT molecular complexity index is 291. The van der Waals surface area contributed by atoms with Crippen LogP contribution < -0.4 is 5.32 Å². The van der Waals surface area contributed by atoms with Crippen LogP contribution in [0.1, 0.15) is 18.4 Å². The summed E-state index contributed by atoms with van der Waals surface area (Å²) in [4.78, 5) is 0. The molecular weight excluding hydrogens is 222 g/mol. The first-order valence-corrected chi connectivity index (χ1v) is 6.15. The second kappa shape index (κ2) is 8.57. The number of aryl methyl sites for hydroxylation is 1. The van der Waals surface area contributed by atoms with Crippen LogP contribution in [0, 0.1) is 0 Å². The van der Waals surface area contributed by atoms with Crippen molar-refractivity contribution in [3.05, 3.63) is 34.9 Å². The van der Waals surface area contributed by atoms with Crippen molar-refractivity contribution in [1.82, 2.24) is 5.32 Å². The Hall–Kier alpha value is -0.570. The summed E-state index contributed by atoms with van der Waals surface area (Å²) in [5.74, 6) is 0. The van der Waals surface area contributed by atoms with Crippen LogP contribution in [0.4, 0.5) is 0 Å². The minimum absolute atomic E-state index is 0.831. The molecule has 2 nitrogen and oxygen atoms in total. The van der Waals surface area contributed by atoms with Crippen molar-refractivity contribution in [2.45, 2.75) is 19.3 Å². The van der Waals surface area contributed by atoms with Gasteiger partial charge in [0.05, 0.1) is 0 Å². The molecule has 0 radical (unpaired) electrons. The molecule has 0 saturated carbocycles. The Kier molecular flexibility index (Phi) is 7.23. The molecule has 0 aliphatic rings. The van der Waals surface area contributed by atoms with E-state index in [0.29, 0.717) is 0 Å². The van der Waals surface area contributed by atoms with E-state index in [4.69, 9.17) is 16.3 Å². The fraction of sp³-hybridized carbons (Fsp3) is 0.538. The van der Waals surface area contributed by atoms with E-state index in [1.807, 2.05) is 18.2 Å². The highest BCUT2D eigenvalue weighted by atomic mass is 35.5. The van der Waals surface area contributed by atoms with Crippen molar-refractivity contribution in [1.29, 1.82) is 0 Å². The molecule has 0 fully saturated rings. The first-order valence-electron chi connectivity index (χ1n) is 5.77. The van der Waals surface area contributed by atoms with Gasteiger partial charge in [0.25, 0.3) is 0 Å². The third-order valence-corrected chi connectivity index (χ3v) is 2.83.